The molecular weight excluding hydrogens is 216 g/mol. The molecule has 0 aromatic carbocycles. The van der Waals surface area contributed by atoms with Crippen molar-refractivity contribution in [1.29, 1.82) is 0 Å². The molecule has 2 heteroatoms. The third kappa shape index (κ3) is 0.784. The minimum atomic E-state index is -0.0567. The van der Waals surface area contributed by atoms with Crippen molar-refractivity contribution in [3.8, 4) is 0 Å². The Bertz CT molecular complexity index is 204. The first-order chi connectivity index (χ1) is 5.54. The maximum absolute atomic E-state index is 9.92. The molecule has 2 fully saturated rings. The number of aliphatic hydroxyl groups is 1. The zero-order valence-electron chi connectivity index (χ0n) is 7.81. The summed E-state index contributed by atoms with van der Waals surface area (Å²) in [7, 11) is 0. The van der Waals surface area contributed by atoms with E-state index in [0.29, 0.717) is 5.41 Å². The molecule has 70 valence electrons. The summed E-state index contributed by atoms with van der Waals surface area (Å²) in [5.41, 5.74) is 0.521. The van der Waals surface area contributed by atoms with Crippen LogP contribution in [0.15, 0.2) is 0 Å². The summed E-state index contributed by atoms with van der Waals surface area (Å²) in [4.78, 5) is 0. The summed E-state index contributed by atoms with van der Waals surface area (Å²) in [6.45, 7) is 4.58. The fraction of sp³-hybridized carbons (Fsp3) is 1.00. The average molecular weight is 233 g/mol. The van der Waals surface area contributed by atoms with Crippen molar-refractivity contribution >= 4 is 15.9 Å². The SMILES string of the molecule is C[C@@]1(CBr)[C@H]2CC[C@]1(C)[C@H](O)C2. The van der Waals surface area contributed by atoms with Crippen molar-refractivity contribution in [3.63, 3.8) is 0 Å². The first kappa shape index (κ1) is 9.01. The van der Waals surface area contributed by atoms with Crippen LogP contribution >= 0.6 is 15.9 Å². The molecule has 0 aliphatic heterocycles. The summed E-state index contributed by atoms with van der Waals surface area (Å²) in [5.74, 6) is 0.747. The molecular formula is C10H17BrO. The van der Waals surface area contributed by atoms with Gasteiger partial charge < -0.3 is 5.11 Å². The van der Waals surface area contributed by atoms with Gasteiger partial charge in [-0.05, 0) is 36.0 Å². The van der Waals surface area contributed by atoms with Crippen molar-refractivity contribution in [3.05, 3.63) is 0 Å². The molecule has 2 saturated carbocycles. The molecule has 1 N–H and O–H groups in total. The number of hydrogen-bond acceptors (Lipinski definition) is 1. The number of fused-ring (bicyclic) bond motifs is 2. The van der Waals surface area contributed by atoms with Gasteiger partial charge in [-0.15, -0.1) is 0 Å². The molecule has 4 atom stereocenters. The van der Waals surface area contributed by atoms with Crippen LogP contribution in [0.4, 0.5) is 0 Å². The van der Waals surface area contributed by atoms with Crippen LogP contribution in [0.5, 0.6) is 0 Å². The Labute approximate surface area is 82.7 Å². The molecule has 1 nitrogen and oxygen atoms in total. The summed E-state index contributed by atoms with van der Waals surface area (Å²) in [6, 6.07) is 0. The van der Waals surface area contributed by atoms with Crippen LogP contribution in [-0.4, -0.2) is 16.5 Å². The van der Waals surface area contributed by atoms with Gasteiger partial charge in [-0.3, -0.25) is 0 Å². The summed E-state index contributed by atoms with van der Waals surface area (Å²) < 4.78 is 0. The largest absolute Gasteiger partial charge is 0.393 e. The molecule has 0 spiro atoms. The zero-order valence-corrected chi connectivity index (χ0v) is 9.39. The second-order valence-corrected chi connectivity index (χ2v) is 5.52. The maximum atomic E-state index is 9.92. The van der Waals surface area contributed by atoms with E-state index in [1.807, 2.05) is 0 Å². The molecule has 0 aromatic rings. The second-order valence-electron chi connectivity index (χ2n) is 4.96. The van der Waals surface area contributed by atoms with Gasteiger partial charge in [0.2, 0.25) is 0 Å². The van der Waals surface area contributed by atoms with E-state index in [2.05, 4.69) is 29.8 Å². The fourth-order valence-corrected chi connectivity index (χ4v) is 4.36. The predicted molar refractivity (Wildman–Crippen MR) is 53.4 cm³/mol. The van der Waals surface area contributed by atoms with Crippen LogP contribution in [0.3, 0.4) is 0 Å². The van der Waals surface area contributed by atoms with E-state index in [1.54, 1.807) is 0 Å². The Morgan fingerprint density at radius 1 is 1.50 bits per heavy atom. The number of rotatable bonds is 1. The smallest absolute Gasteiger partial charge is 0.0602 e. The van der Waals surface area contributed by atoms with E-state index in [0.717, 1.165) is 17.7 Å². The highest BCUT2D eigenvalue weighted by Crippen LogP contribution is 2.66. The van der Waals surface area contributed by atoms with Crippen LogP contribution in [0.1, 0.15) is 33.1 Å². The molecule has 0 heterocycles. The van der Waals surface area contributed by atoms with Gasteiger partial charge in [0.25, 0.3) is 0 Å². The summed E-state index contributed by atoms with van der Waals surface area (Å²) >= 11 is 3.60. The van der Waals surface area contributed by atoms with Crippen LogP contribution in [0.2, 0.25) is 0 Å². The molecule has 0 radical (unpaired) electrons. The normalized spacial score (nSPS) is 58.0. The third-order valence-electron chi connectivity index (χ3n) is 4.74. The number of hydrogen-bond donors (Lipinski definition) is 1. The highest BCUT2D eigenvalue weighted by Gasteiger charge is 2.62. The topological polar surface area (TPSA) is 20.2 Å². The van der Waals surface area contributed by atoms with Crippen molar-refractivity contribution in [2.24, 2.45) is 16.7 Å². The fourth-order valence-electron chi connectivity index (χ4n) is 3.26. The van der Waals surface area contributed by atoms with Crippen LogP contribution in [0.25, 0.3) is 0 Å². The highest BCUT2D eigenvalue weighted by atomic mass is 79.9. The molecule has 2 aliphatic carbocycles. The molecule has 12 heavy (non-hydrogen) atoms. The molecule has 0 saturated heterocycles. The Hall–Kier alpha value is 0.440. The van der Waals surface area contributed by atoms with Crippen LogP contribution in [0, 0.1) is 16.7 Å². The van der Waals surface area contributed by atoms with Gasteiger partial charge in [-0.2, -0.15) is 0 Å². The van der Waals surface area contributed by atoms with Gasteiger partial charge >= 0.3 is 0 Å². The number of alkyl halides is 1. The Kier molecular flexibility index (Phi) is 1.86. The quantitative estimate of drug-likeness (QED) is 0.690. The summed E-state index contributed by atoms with van der Waals surface area (Å²) in [5, 5.41) is 11.0. The van der Waals surface area contributed by atoms with Gasteiger partial charge in [0, 0.05) is 5.33 Å². The van der Waals surface area contributed by atoms with Crippen LogP contribution in [-0.2, 0) is 0 Å². The van der Waals surface area contributed by atoms with E-state index in [9.17, 15) is 5.11 Å². The van der Waals surface area contributed by atoms with Gasteiger partial charge in [0.05, 0.1) is 6.10 Å². The van der Waals surface area contributed by atoms with E-state index >= 15 is 0 Å². The first-order valence-electron chi connectivity index (χ1n) is 4.78. The van der Waals surface area contributed by atoms with E-state index in [4.69, 9.17) is 0 Å². The van der Waals surface area contributed by atoms with Gasteiger partial charge in [-0.25, -0.2) is 0 Å². The lowest BCUT2D eigenvalue weighted by Crippen LogP contribution is -2.38. The Balaban J connectivity index is 2.38. The minimum Gasteiger partial charge on any atom is -0.393 e. The Morgan fingerprint density at radius 3 is 2.42 bits per heavy atom. The lowest BCUT2D eigenvalue weighted by atomic mass is 9.70. The maximum Gasteiger partial charge on any atom is 0.0602 e. The van der Waals surface area contributed by atoms with E-state index in [1.165, 1.54) is 12.8 Å². The molecule has 2 bridgehead atoms. The van der Waals surface area contributed by atoms with Crippen LogP contribution < -0.4 is 0 Å². The van der Waals surface area contributed by atoms with Crippen molar-refractivity contribution in [2.75, 3.05) is 5.33 Å². The lowest BCUT2D eigenvalue weighted by molar-refractivity contribution is 0.0148. The molecule has 0 amide bonds. The third-order valence-corrected chi connectivity index (χ3v) is 5.90. The zero-order chi connectivity index (χ0) is 8.98. The number of aliphatic hydroxyl groups excluding tert-OH is 1. The van der Waals surface area contributed by atoms with Gasteiger partial charge in [0.15, 0.2) is 0 Å². The standard InChI is InChI=1S/C10H17BrO/c1-9-4-3-7(5-8(9)12)10(9,2)6-11/h7-8,12H,3-6H2,1-2H3/t7-,8+,9+,10+/m0/s1. The average Bonchev–Trinajstić information content (AvgIpc) is 2.39. The van der Waals surface area contributed by atoms with Gasteiger partial charge in [-0.1, -0.05) is 29.8 Å². The van der Waals surface area contributed by atoms with Crippen molar-refractivity contribution in [1.82, 2.24) is 0 Å². The highest BCUT2D eigenvalue weighted by molar-refractivity contribution is 9.09. The molecule has 0 aromatic heterocycles. The first-order valence-corrected chi connectivity index (χ1v) is 5.91. The predicted octanol–water partition coefficient (Wildman–Crippen LogP) is 2.57. The lowest BCUT2D eigenvalue weighted by Gasteiger charge is -2.38. The van der Waals surface area contributed by atoms with E-state index in [-0.39, 0.29) is 11.5 Å². The van der Waals surface area contributed by atoms with Gasteiger partial charge in [0.1, 0.15) is 0 Å². The molecule has 0 unspecified atom stereocenters. The molecule has 2 aliphatic rings. The van der Waals surface area contributed by atoms with Crippen molar-refractivity contribution in [2.45, 2.75) is 39.2 Å². The number of halogens is 1. The van der Waals surface area contributed by atoms with E-state index < -0.39 is 0 Å². The monoisotopic (exact) mass is 232 g/mol. The minimum absolute atomic E-state index is 0.0567. The second kappa shape index (κ2) is 2.48. The van der Waals surface area contributed by atoms with Crippen molar-refractivity contribution < 1.29 is 5.11 Å². The Morgan fingerprint density at radius 2 is 2.17 bits per heavy atom. The molecule has 2 rings (SSSR count). The summed E-state index contributed by atoms with van der Waals surface area (Å²) in [6.07, 6.45) is 3.49.